The third kappa shape index (κ3) is 2.78. The highest BCUT2D eigenvalue weighted by Gasteiger charge is 2.55. The van der Waals surface area contributed by atoms with Gasteiger partial charge in [-0.05, 0) is 16.7 Å². The van der Waals surface area contributed by atoms with Gasteiger partial charge in [-0.25, -0.2) is 0 Å². The summed E-state index contributed by atoms with van der Waals surface area (Å²) in [7, 11) is 0. The van der Waals surface area contributed by atoms with Gasteiger partial charge in [0.05, 0.1) is 0 Å². The van der Waals surface area contributed by atoms with Crippen molar-refractivity contribution < 1.29 is 9.90 Å². The molecule has 3 nitrogen and oxygen atoms in total. The van der Waals surface area contributed by atoms with E-state index in [2.05, 4.69) is 12.6 Å². The zero-order valence-electron chi connectivity index (χ0n) is 13.5. The average Bonchev–Trinajstić information content (AvgIpc) is 2.68. The minimum Gasteiger partial charge on any atom is -0.378 e. The van der Waals surface area contributed by atoms with Crippen molar-refractivity contribution in [2.24, 2.45) is 5.73 Å². The molecule has 0 aliphatic rings. The maximum absolute atomic E-state index is 12.6. The minimum absolute atomic E-state index is 0.491. The highest BCUT2D eigenvalue weighted by molar-refractivity contribution is 7.96. The molecule has 3 aromatic carbocycles. The van der Waals surface area contributed by atoms with Crippen LogP contribution < -0.4 is 5.73 Å². The average molecular weight is 349 g/mol. The molecule has 4 heteroatoms. The predicted molar refractivity (Wildman–Crippen MR) is 102 cm³/mol. The van der Waals surface area contributed by atoms with Crippen LogP contribution in [0.5, 0.6) is 0 Å². The maximum atomic E-state index is 12.6. The van der Waals surface area contributed by atoms with Crippen molar-refractivity contribution in [3.8, 4) is 0 Å². The molecule has 25 heavy (non-hydrogen) atoms. The lowest BCUT2D eigenvalue weighted by atomic mass is 9.68. The highest BCUT2D eigenvalue weighted by atomic mass is 32.1. The third-order valence-electron chi connectivity index (χ3n) is 4.52. The van der Waals surface area contributed by atoms with Crippen LogP contribution >= 0.6 is 12.6 Å². The van der Waals surface area contributed by atoms with Crippen LogP contribution in [0.4, 0.5) is 0 Å². The van der Waals surface area contributed by atoms with Crippen molar-refractivity contribution in [1.82, 2.24) is 0 Å². The number of benzene rings is 3. The minimum atomic E-state index is -1.78. The Morgan fingerprint density at radius 3 is 1.36 bits per heavy atom. The molecule has 3 N–H and O–H groups in total. The van der Waals surface area contributed by atoms with Gasteiger partial charge in [-0.1, -0.05) is 91.0 Å². The summed E-state index contributed by atoms with van der Waals surface area (Å²) in [6, 6.07) is 26.8. The molecule has 0 bridgehead atoms. The smallest absolute Gasteiger partial charge is 0.214 e. The Morgan fingerprint density at radius 2 is 1.04 bits per heavy atom. The number of aliphatic hydroxyl groups is 1. The van der Waals surface area contributed by atoms with Crippen LogP contribution in [0.15, 0.2) is 91.0 Å². The largest absolute Gasteiger partial charge is 0.378 e. The fourth-order valence-electron chi connectivity index (χ4n) is 3.17. The highest BCUT2D eigenvalue weighted by Crippen LogP contribution is 2.45. The standard InChI is InChI=1S/C21H19NO2S/c22-20(19(23)25,16-10-4-1-5-11-16)21(24,17-12-6-2-7-13-17)18-14-8-3-9-15-18/h1-15,24H,22H2,(H,23,25)/t20-/m1/s1. The molecule has 3 rings (SSSR count). The Morgan fingerprint density at radius 1 is 0.720 bits per heavy atom. The van der Waals surface area contributed by atoms with Crippen LogP contribution in [-0.2, 0) is 15.9 Å². The molecule has 0 saturated carbocycles. The van der Waals surface area contributed by atoms with Crippen LogP contribution in [0.1, 0.15) is 16.7 Å². The third-order valence-corrected chi connectivity index (χ3v) is 4.87. The molecule has 0 aliphatic carbocycles. The summed E-state index contributed by atoms with van der Waals surface area (Å²) in [5.74, 6) is 0. The van der Waals surface area contributed by atoms with E-state index in [4.69, 9.17) is 5.73 Å². The molecule has 0 heterocycles. The monoisotopic (exact) mass is 349 g/mol. The topological polar surface area (TPSA) is 63.3 Å². The second kappa shape index (κ2) is 6.84. The number of rotatable bonds is 5. The molecule has 126 valence electrons. The van der Waals surface area contributed by atoms with Gasteiger partial charge in [-0.2, -0.15) is 0 Å². The molecule has 0 fully saturated rings. The van der Waals surface area contributed by atoms with Gasteiger partial charge in [0, 0.05) is 0 Å². The van der Waals surface area contributed by atoms with E-state index in [1.54, 1.807) is 72.8 Å². The lowest BCUT2D eigenvalue weighted by Gasteiger charge is -2.43. The Labute approximate surface area is 152 Å². The van der Waals surface area contributed by atoms with Gasteiger partial charge in [0.15, 0.2) is 0 Å². The fourth-order valence-corrected chi connectivity index (χ4v) is 3.46. The molecule has 0 aromatic heterocycles. The van der Waals surface area contributed by atoms with E-state index in [1.807, 2.05) is 18.2 Å². The van der Waals surface area contributed by atoms with Crippen molar-refractivity contribution in [3.63, 3.8) is 0 Å². The van der Waals surface area contributed by atoms with Crippen molar-refractivity contribution in [1.29, 1.82) is 0 Å². The SMILES string of the molecule is N[C@@](C(=O)S)(c1ccccc1)C(O)(c1ccccc1)c1ccccc1. The zero-order chi connectivity index (χ0) is 17.9. The van der Waals surface area contributed by atoms with E-state index >= 15 is 0 Å². The van der Waals surface area contributed by atoms with Gasteiger partial charge in [-0.15, -0.1) is 12.6 Å². The molecule has 0 amide bonds. The molecule has 0 aliphatic heterocycles. The number of nitrogens with two attached hydrogens (primary N) is 1. The van der Waals surface area contributed by atoms with Crippen LogP contribution in [-0.4, -0.2) is 10.2 Å². The number of carbonyl (C=O) groups is 1. The normalized spacial score (nSPS) is 13.9. The Kier molecular flexibility index (Phi) is 4.77. The second-order valence-electron chi connectivity index (χ2n) is 5.92. The number of carbonyl (C=O) groups excluding carboxylic acids is 1. The molecule has 0 unspecified atom stereocenters. The van der Waals surface area contributed by atoms with E-state index in [1.165, 1.54) is 0 Å². The Hall–Kier alpha value is -2.40. The first-order valence-corrected chi connectivity index (χ1v) is 8.37. The maximum Gasteiger partial charge on any atom is 0.214 e. The lowest BCUT2D eigenvalue weighted by Crippen LogP contribution is -2.60. The van der Waals surface area contributed by atoms with Crippen LogP contribution in [0, 0.1) is 0 Å². The summed E-state index contributed by atoms with van der Waals surface area (Å²) in [6.07, 6.45) is 0. The zero-order valence-corrected chi connectivity index (χ0v) is 14.4. The van der Waals surface area contributed by atoms with E-state index in [0.29, 0.717) is 16.7 Å². The summed E-state index contributed by atoms with van der Waals surface area (Å²) >= 11 is 4.06. The molecule has 0 saturated heterocycles. The number of hydrogen-bond acceptors (Lipinski definition) is 3. The van der Waals surface area contributed by atoms with Gasteiger partial charge >= 0.3 is 0 Å². The summed E-state index contributed by atoms with van der Waals surface area (Å²) in [5, 5.41) is 11.3. The Bertz CT molecular complexity index is 813. The van der Waals surface area contributed by atoms with E-state index in [9.17, 15) is 9.90 Å². The van der Waals surface area contributed by atoms with Crippen LogP contribution in [0.2, 0.25) is 0 Å². The number of hydrogen-bond donors (Lipinski definition) is 3. The first-order valence-electron chi connectivity index (χ1n) is 7.92. The summed E-state index contributed by atoms with van der Waals surface area (Å²) < 4.78 is 0. The Balaban J connectivity index is 2.36. The second-order valence-corrected chi connectivity index (χ2v) is 6.33. The molecular weight excluding hydrogens is 330 g/mol. The molecule has 3 aromatic rings. The van der Waals surface area contributed by atoms with Crippen molar-refractivity contribution >= 4 is 17.7 Å². The molecule has 0 spiro atoms. The van der Waals surface area contributed by atoms with E-state index in [-0.39, 0.29) is 0 Å². The van der Waals surface area contributed by atoms with E-state index < -0.39 is 16.3 Å². The van der Waals surface area contributed by atoms with Gasteiger partial charge in [0.25, 0.3) is 0 Å². The van der Waals surface area contributed by atoms with Crippen molar-refractivity contribution in [2.75, 3.05) is 0 Å². The first kappa shape index (κ1) is 17.4. The van der Waals surface area contributed by atoms with Crippen LogP contribution in [0.3, 0.4) is 0 Å². The van der Waals surface area contributed by atoms with Crippen molar-refractivity contribution in [2.45, 2.75) is 11.1 Å². The van der Waals surface area contributed by atoms with Gasteiger partial charge in [0.1, 0.15) is 11.1 Å². The quantitative estimate of drug-likeness (QED) is 0.620. The fraction of sp³-hybridized carbons (Fsp3) is 0.0952. The molecular formula is C21H19NO2S. The van der Waals surface area contributed by atoms with Gasteiger partial charge < -0.3 is 10.8 Å². The predicted octanol–water partition coefficient (Wildman–Crippen LogP) is 3.23. The lowest BCUT2D eigenvalue weighted by molar-refractivity contribution is -0.125. The van der Waals surface area contributed by atoms with E-state index in [0.717, 1.165) is 0 Å². The summed E-state index contributed by atoms with van der Waals surface area (Å²) in [6.45, 7) is 0. The molecule has 1 atom stereocenters. The van der Waals surface area contributed by atoms with Gasteiger partial charge in [-0.3, -0.25) is 4.79 Å². The first-order chi connectivity index (χ1) is 12.0. The number of thiol groups is 1. The van der Waals surface area contributed by atoms with Gasteiger partial charge in [0.2, 0.25) is 5.12 Å². The molecule has 0 radical (unpaired) electrons. The summed E-state index contributed by atoms with van der Waals surface area (Å²) in [4.78, 5) is 12.6. The summed E-state index contributed by atoms with van der Waals surface area (Å²) in [5.41, 5.74) is 4.62. The van der Waals surface area contributed by atoms with Crippen LogP contribution in [0.25, 0.3) is 0 Å². The van der Waals surface area contributed by atoms with Crippen molar-refractivity contribution in [3.05, 3.63) is 108 Å².